The van der Waals surface area contributed by atoms with E-state index in [9.17, 15) is 13.6 Å². The molecule has 3 saturated heterocycles. The fraction of sp³-hybridized carbons (Fsp3) is 0.382. The molecule has 7 nitrogen and oxygen atoms in total. The number of nitrogens with zero attached hydrogens (tertiary/aromatic N) is 5. The molecule has 1 amide bonds. The first-order chi connectivity index (χ1) is 22.1. The summed E-state index contributed by atoms with van der Waals surface area (Å²) in [5.41, 5.74) is -1.02. The van der Waals surface area contributed by atoms with Gasteiger partial charge in [0.25, 0.3) is 0 Å². The van der Waals surface area contributed by atoms with Crippen LogP contribution < -0.4 is 9.64 Å². The van der Waals surface area contributed by atoms with E-state index in [1.807, 2.05) is 11.8 Å². The number of hydrogen-bond acceptors (Lipinski definition) is 6. The smallest absolute Gasteiger partial charge is 0.319 e. The molecule has 46 heavy (non-hydrogen) atoms. The number of aromatic nitrogens is 2. The van der Waals surface area contributed by atoms with E-state index in [4.69, 9.17) is 16.3 Å². The van der Waals surface area contributed by atoms with Crippen LogP contribution in [-0.2, 0) is 4.79 Å². The molecule has 240 valence electrons. The van der Waals surface area contributed by atoms with Crippen molar-refractivity contribution in [3.05, 3.63) is 71.5 Å². The third-order valence-electron chi connectivity index (χ3n) is 9.66. The molecule has 0 saturated carbocycles. The second-order valence-electron chi connectivity index (χ2n) is 12.4. The average molecular weight is 654 g/mol. The first-order valence-electron chi connectivity index (χ1n) is 15.4. The van der Waals surface area contributed by atoms with Gasteiger partial charge in [0, 0.05) is 49.4 Å². The van der Waals surface area contributed by atoms with Crippen molar-refractivity contribution in [3.63, 3.8) is 0 Å². The van der Waals surface area contributed by atoms with E-state index in [0.717, 1.165) is 19.4 Å². The van der Waals surface area contributed by atoms with Crippen molar-refractivity contribution in [1.82, 2.24) is 19.8 Å². The second-order valence-corrected chi connectivity index (χ2v) is 12.8. The lowest BCUT2D eigenvalue weighted by Crippen LogP contribution is -2.53. The number of rotatable bonds is 6. The molecular weight excluding hydrogens is 622 g/mol. The molecule has 3 fully saturated rings. The Labute approximate surface area is 268 Å². The van der Waals surface area contributed by atoms with Gasteiger partial charge in [0.15, 0.2) is 5.82 Å². The standard InChI is InChI=1S/C34H32ClF4N5O2/c1-3-26(45)42-12-13-44(19(2)16-42)32-23-14-25(38)28(22-7-4-6-20-8-9-24(37)29(35)27(20)22)30(39)31(23)40-33(41-32)46-18-34-10-5-11-43(34)17-21(36)15-34/h3-4,6-9,14,19,21H,1,5,10-13,15-18H2,2H3/t19-,21+,34-/m0/s1. The Bertz CT molecular complexity index is 1890. The van der Waals surface area contributed by atoms with Crippen molar-refractivity contribution >= 4 is 45.0 Å². The van der Waals surface area contributed by atoms with Crippen LogP contribution in [0.1, 0.15) is 26.2 Å². The van der Waals surface area contributed by atoms with Crippen molar-refractivity contribution in [2.24, 2.45) is 0 Å². The summed E-state index contributed by atoms with van der Waals surface area (Å²) in [4.78, 5) is 27.1. The van der Waals surface area contributed by atoms with E-state index >= 15 is 8.78 Å². The average Bonchev–Trinajstić information content (AvgIpc) is 3.57. The predicted molar refractivity (Wildman–Crippen MR) is 169 cm³/mol. The summed E-state index contributed by atoms with van der Waals surface area (Å²) in [6, 6.07) is 8.26. The predicted octanol–water partition coefficient (Wildman–Crippen LogP) is 6.70. The number of fused-ring (bicyclic) bond motifs is 3. The summed E-state index contributed by atoms with van der Waals surface area (Å²) in [5, 5.41) is 0.553. The van der Waals surface area contributed by atoms with Crippen molar-refractivity contribution in [3.8, 4) is 17.1 Å². The highest BCUT2D eigenvalue weighted by Crippen LogP contribution is 2.43. The minimum absolute atomic E-state index is 0.0758. The largest absolute Gasteiger partial charge is 0.461 e. The molecule has 4 heterocycles. The number of hydrogen-bond donors (Lipinski definition) is 0. The second kappa shape index (κ2) is 11.7. The number of amides is 1. The number of carbonyl (C=O) groups excluding carboxylic acids is 1. The highest BCUT2D eigenvalue weighted by atomic mass is 35.5. The topological polar surface area (TPSA) is 61.8 Å². The Morgan fingerprint density at radius 2 is 1.96 bits per heavy atom. The van der Waals surface area contributed by atoms with E-state index < -0.39 is 34.7 Å². The van der Waals surface area contributed by atoms with Gasteiger partial charge in [-0.3, -0.25) is 9.69 Å². The third-order valence-corrected chi connectivity index (χ3v) is 10.0. The van der Waals surface area contributed by atoms with Crippen molar-refractivity contribution < 1.29 is 27.1 Å². The quantitative estimate of drug-likeness (QED) is 0.171. The van der Waals surface area contributed by atoms with Gasteiger partial charge in [0.1, 0.15) is 35.7 Å². The molecule has 0 aliphatic carbocycles. The van der Waals surface area contributed by atoms with Crippen molar-refractivity contribution in [1.29, 1.82) is 0 Å². The summed E-state index contributed by atoms with van der Waals surface area (Å²) < 4.78 is 68.1. The van der Waals surface area contributed by atoms with Crippen LogP contribution in [0.2, 0.25) is 5.02 Å². The van der Waals surface area contributed by atoms with Gasteiger partial charge in [0.2, 0.25) is 5.91 Å². The van der Waals surface area contributed by atoms with Gasteiger partial charge in [-0.25, -0.2) is 17.6 Å². The minimum atomic E-state index is -0.977. The maximum Gasteiger partial charge on any atom is 0.319 e. The van der Waals surface area contributed by atoms with Gasteiger partial charge in [-0.05, 0) is 55.5 Å². The molecule has 0 N–H and O–H groups in total. The van der Waals surface area contributed by atoms with Gasteiger partial charge in [-0.15, -0.1) is 0 Å². The molecule has 1 aromatic heterocycles. The van der Waals surface area contributed by atoms with Crippen LogP contribution >= 0.6 is 11.6 Å². The monoisotopic (exact) mass is 653 g/mol. The van der Waals surface area contributed by atoms with Gasteiger partial charge in [-0.1, -0.05) is 42.4 Å². The lowest BCUT2D eigenvalue weighted by Gasteiger charge is -2.40. The summed E-state index contributed by atoms with van der Waals surface area (Å²) in [7, 11) is 0. The van der Waals surface area contributed by atoms with Crippen LogP contribution in [0.25, 0.3) is 32.8 Å². The van der Waals surface area contributed by atoms with Crippen LogP contribution in [0.5, 0.6) is 6.01 Å². The maximum atomic E-state index is 16.8. The fourth-order valence-electron chi connectivity index (χ4n) is 7.46. The number of benzene rings is 3. The molecule has 7 rings (SSSR count). The first-order valence-corrected chi connectivity index (χ1v) is 15.7. The summed E-state index contributed by atoms with van der Waals surface area (Å²) in [6.45, 7) is 7.69. The molecule has 0 unspecified atom stereocenters. The van der Waals surface area contributed by atoms with E-state index in [-0.39, 0.29) is 57.3 Å². The maximum absolute atomic E-state index is 16.8. The van der Waals surface area contributed by atoms with Gasteiger partial charge >= 0.3 is 6.01 Å². The molecule has 0 spiro atoms. The van der Waals surface area contributed by atoms with Crippen LogP contribution in [0.4, 0.5) is 23.4 Å². The molecule has 3 aliphatic heterocycles. The number of anilines is 1. The zero-order valence-electron chi connectivity index (χ0n) is 25.2. The summed E-state index contributed by atoms with van der Waals surface area (Å²) >= 11 is 6.34. The SMILES string of the molecule is C=CC(=O)N1CCN(c2nc(OC[C@@]34CCCN3C[C@H](F)C4)nc3c(F)c(-c4cccc5ccc(F)c(Cl)c45)c(F)cc23)[C@@H](C)C1. The summed E-state index contributed by atoms with van der Waals surface area (Å²) in [5.74, 6) is -2.55. The Morgan fingerprint density at radius 1 is 1.13 bits per heavy atom. The molecular formula is C34H32ClF4N5O2. The lowest BCUT2D eigenvalue weighted by atomic mass is 9.95. The van der Waals surface area contributed by atoms with E-state index in [0.29, 0.717) is 38.0 Å². The van der Waals surface area contributed by atoms with Gasteiger partial charge < -0.3 is 14.5 Å². The molecule has 3 aliphatic rings. The number of ether oxygens (including phenoxy) is 1. The molecule has 3 atom stereocenters. The highest BCUT2D eigenvalue weighted by Gasteiger charge is 2.49. The Morgan fingerprint density at radius 3 is 2.74 bits per heavy atom. The van der Waals surface area contributed by atoms with Crippen LogP contribution in [0.3, 0.4) is 0 Å². The van der Waals surface area contributed by atoms with E-state index in [1.54, 1.807) is 17.0 Å². The van der Waals surface area contributed by atoms with Crippen molar-refractivity contribution in [2.75, 3.05) is 44.2 Å². The summed E-state index contributed by atoms with van der Waals surface area (Å²) in [6.07, 6.45) is 2.28. The highest BCUT2D eigenvalue weighted by molar-refractivity contribution is 6.37. The molecule has 12 heteroatoms. The zero-order valence-corrected chi connectivity index (χ0v) is 26.0. The Balaban J connectivity index is 1.37. The Hall–Kier alpha value is -3.96. The fourth-order valence-corrected chi connectivity index (χ4v) is 7.73. The van der Waals surface area contributed by atoms with Gasteiger partial charge in [-0.2, -0.15) is 9.97 Å². The molecule has 0 radical (unpaired) electrons. The number of alkyl halides is 1. The first kappa shape index (κ1) is 30.7. The van der Waals surface area contributed by atoms with Crippen molar-refractivity contribution in [2.45, 2.75) is 43.9 Å². The molecule has 0 bridgehead atoms. The Kier molecular flexibility index (Phi) is 7.79. The van der Waals surface area contributed by atoms with Gasteiger partial charge in [0.05, 0.1) is 16.1 Å². The third kappa shape index (κ3) is 5.04. The zero-order chi connectivity index (χ0) is 32.3. The van der Waals surface area contributed by atoms with E-state index in [2.05, 4.69) is 21.4 Å². The molecule has 3 aromatic carbocycles. The van der Waals surface area contributed by atoms with E-state index in [1.165, 1.54) is 30.3 Å². The number of piperazine rings is 1. The van der Waals surface area contributed by atoms with Crippen LogP contribution in [0, 0.1) is 17.5 Å². The van der Waals surface area contributed by atoms with Crippen LogP contribution in [0.15, 0.2) is 49.1 Å². The number of halogens is 5. The normalized spacial score (nSPS) is 23.3. The van der Waals surface area contributed by atoms with Crippen LogP contribution in [-0.4, -0.2) is 82.8 Å². The number of carbonyl (C=O) groups is 1. The minimum Gasteiger partial charge on any atom is -0.461 e. The molecule has 4 aromatic rings. The lowest BCUT2D eigenvalue weighted by molar-refractivity contribution is -0.126.